The van der Waals surface area contributed by atoms with Gasteiger partial charge in [-0.05, 0) is 18.2 Å². The Morgan fingerprint density at radius 3 is 2.46 bits per heavy atom. The van der Waals surface area contributed by atoms with Crippen molar-refractivity contribution < 1.29 is 24.2 Å². The average molecular weight is 406 g/mol. The molecule has 0 saturated carbocycles. The molecule has 28 heavy (non-hydrogen) atoms. The third kappa shape index (κ3) is 5.61. The number of nitro groups is 2. The molecule has 10 nitrogen and oxygen atoms in total. The standard InChI is InChI=1S/C17H12ClN3O7/c18-13-9-12(20(24)25)6-7-14(13)19-16(22)10-28-17(23)8-5-11-3-1-2-4-15(11)21(26)27/h1-9H,10H2,(H,19,22)/b8-5+. The van der Waals surface area contributed by atoms with E-state index in [1.807, 2.05) is 0 Å². The van der Waals surface area contributed by atoms with Gasteiger partial charge in [0.15, 0.2) is 6.61 Å². The van der Waals surface area contributed by atoms with Gasteiger partial charge in [0, 0.05) is 24.3 Å². The van der Waals surface area contributed by atoms with E-state index in [0.717, 1.165) is 18.2 Å². The molecule has 2 aromatic rings. The maximum Gasteiger partial charge on any atom is 0.331 e. The van der Waals surface area contributed by atoms with Gasteiger partial charge in [0.05, 0.1) is 26.1 Å². The molecule has 144 valence electrons. The fourth-order valence-corrected chi connectivity index (χ4v) is 2.26. The summed E-state index contributed by atoms with van der Waals surface area (Å²) in [6.45, 7) is -0.645. The Kier molecular flexibility index (Phi) is 6.77. The molecular formula is C17H12ClN3O7. The monoisotopic (exact) mass is 405 g/mol. The van der Waals surface area contributed by atoms with Crippen LogP contribution in [0.1, 0.15) is 5.56 Å². The van der Waals surface area contributed by atoms with Gasteiger partial charge in [0.25, 0.3) is 17.3 Å². The average Bonchev–Trinajstić information content (AvgIpc) is 2.66. The van der Waals surface area contributed by atoms with Crippen LogP contribution in [-0.4, -0.2) is 28.3 Å². The van der Waals surface area contributed by atoms with E-state index in [2.05, 4.69) is 5.32 Å². The number of nitrogens with zero attached hydrogens (tertiary/aromatic N) is 2. The molecule has 0 aliphatic carbocycles. The molecule has 1 amide bonds. The molecular weight excluding hydrogens is 394 g/mol. The Morgan fingerprint density at radius 2 is 1.82 bits per heavy atom. The lowest BCUT2D eigenvalue weighted by molar-refractivity contribution is -0.385. The highest BCUT2D eigenvalue weighted by Gasteiger charge is 2.13. The minimum atomic E-state index is -0.886. The van der Waals surface area contributed by atoms with Gasteiger partial charge in [0.1, 0.15) is 0 Å². The summed E-state index contributed by atoms with van der Waals surface area (Å²) in [5.74, 6) is -1.61. The third-order valence-electron chi connectivity index (χ3n) is 3.32. The lowest BCUT2D eigenvalue weighted by Crippen LogP contribution is -2.20. The number of hydrogen-bond donors (Lipinski definition) is 1. The Hall–Kier alpha value is -3.79. The zero-order chi connectivity index (χ0) is 20.7. The van der Waals surface area contributed by atoms with Crippen LogP contribution >= 0.6 is 11.6 Å². The van der Waals surface area contributed by atoms with E-state index in [9.17, 15) is 29.8 Å². The van der Waals surface area contributed by atoms with Crippen LogP contribution in [0, 0.1) is 20.2 Å². The number of para-hydroxylation sites is 1. The fourth-order valence-electron chi connectivity index (χ4n) is 2.04. The summed E-state index contributed by atoms with van der Waals surface area (Å²) in [7, 11) is 0. The van der Waals surface area contributed by atoms with Gasteiger partial charge in [-0.25, -0.2) is 4.79 Å². The second kappa shape index (κ2) is 9.24. The van der Waals surface area contributed by atoms with Gasteiger partial charge in [-0.1, -0.05) is 23.7 Å². The van der Waals surface area contributed by atoms with Gasteiger partial charge >= 0.3 is 5.97 Å². The smallest absolute Gasteiger partial charge is 0.331 e. The van der Waals surface area contributed by atoms with E-state index in [4.69, 9.17) is 16.3 Å². The van der Waals surface area contributed by atoms with Crippen molar-refractivity contribution in [2.45, 2.75) is 0 Å². The second-order valence-corrected chi connectivity index (χ2v) is 5.63. The van der Waals surface area contributed by atoms with Crippen LogP contribution in [0.4, 0.5) is 17.1 Å². The van der Waals surface area contributed by atoms with E-state index in [0.29, 0.717) is 0 Å². The predicted molar refractivity (Wildman–Crippen MR) is 99.8 cm³/mol. The maximum absolute atomic E-state index is 11.8. The van der Waals surface area contributed by atoms with Gasteiger partial charge in [-0.15, -0.1) is 0 Å². The number of carbonyl (C=O) groups is 2. The van der Waals surface area contributed by atoms with E-state index in [1.165, 1.54) is 30.3 Å². The normalized spacial score (nSPS) is 10.5. The first-order chi connectivity index (χ1) is 13.3. The Morgan fingerprint density at radius 1 is 1.11 bits per heavy atom. The second-order valence-electron chi connectivity index (χ2n) is 5.23. The highest BCUT2D eigenvalue weighted by molar-refractivity contribution is 6.34. The lowest BCUT2D eigenvalue weighted by atomic mass is 10.1. The summed E-state index contributed by atoms with van der Waals surface area (Å²) < 4.78 is 4.74. The van der Waals surface area contributed by atoms with Crippen molar-refractivity contribution in [2.75, 3.05) is 11.9 Å². The number of non-ortho nitro benzene ring substituents is 1. The van der Waals surface area contributed by atoms with Crippen molar-refractivity contribution in [3.8, 4) is 0 Å². The topological polar surface area (TPSA) is 142 Å². The van der Waals surface area contributed by atoms with E-state index >= 15 is 0 Å². The van der Waals surface area contributed by atoms with Crippen molar-refractivity contribution in [1.29, 1.82) is 0 Å². The van der Waals surface area contributed by atoms with Gasteiger partial charge < -0.3 is 10.1 Å². The quantitative estimate of drug-likeness (QED) is 0.322. The van der Waals surface area contributed by atoms with Crippen LogP contribution in [0.3, 0.4) is 0 Å². The summed E-state index contributed by atoms with van der Waals surface area (Å²) >= 11 is 5.85. The van der Waals surface area contributed by atoms with Gasteiger partial charge in [-0.2, -0.15) is 0 Å². The van der Waals surface area contributed by atoms with E-state index < -0.39 is 28.3 Å². The first-order valence-corrected chi connectivity index (χ1v) is 7.98. The molecule has 2 aromatic carbocycles. The van der Waals surface area contributed by atoms with Crippen LogP contribution < -0.4 is 5.32 Å². The number of anilines is 1. The van der Waals surface area contributed by atoms with Crippen LogP contribution in [-0.2, 0) is 14.3 Å². The number of hydrogen-bond acceptors (Lipinski definition) is 7. The molecule has 11 heteroatoms. The summed E-state index contributed by atoms with van der Waals surface area (Å²) in [5, 5.41) is 23.8. The van der Waals surface area contributed by atoms with Crippen molar-refractivity contribution in [3.63, 3.8) is 0 Å². The van der Waals surface area contributed by atoms with Crippen molar-refractivity contribution >= 4 is 46.6 Å². The first-order valence-electron chi connectivity index (χ1n) is 7.60. The molecule has 0 aromatic heterocycles. The van der Waals surface area contributed by atoms with Crippen LogP contribution in [0.25, 0.3) is 6.08 Å². The lowest BCUT2D eigenvalue weighted by Gasteiger charge is -2.07. The maximum atomic E-state index is 11.8. The van der Waals surface area contributed by atoms with Crippen molar-refractivity contribution in [3.05, 3.63) is 79.4 Å². The zero-order valence-corrected chi connectivity index (χ0v) is 14.8. The molecule has 0 atom stereocenters. The van der Waals surface area contributed by atoms with E-state index in [1.54, 1.807) is 6.07 Å². The fraction of sp³-hybridized carbons (Fsp3) is 0.0588. The molecule has 0 aliphatic heterocycles. The number of benzene rings is 2. The number of rotatable bonds is 7. The van der Waals surface area contributed by atoms with Crippen molar-refractivity contribution in [1.82, 2.24) is 0 Å². The molecule has 2 rings (SSSR count). The number of nitro benzene ring substituents is 2. The summed E-state index contributed by atoms with van der Waals surface area (Å²) in [6.07, 6.45) is 2.15. The number of esters is 1. The predicted octanol–water partition coefficient (Wildman–Crippen LogP) is 3.35. The largest absolute Gasteiger partial charge is 0.452 e. The molecule has 1 N–H and O–H groups in total. The van der Waals surface area contributed by atoms with Crippen LogP contribution in [0.2, 0.25) is 5.02 Å². The SMILES string of the molecule is O=C(COC(=O)/C=C/c1ccccc1[N+](=O)[O-])Nc1ccc([N+](=O)[O-])cc1Cl. The highest BCUT2D eigenvalue weighted by Crippen LogP contribution is 2.26. The summed E-state index contributed by atoms with van der Waals surface area (Å²) in [4.78, 5) is 43.8. The molecule has 0 radical (unpaired) electrons. The van der Waals surface area contributed by atoms with Crippen LogP contribution in [0.15, 0.2) is 48.5 Å². The van der Waals surface area contributed by atoms with E-state index in [-0.39, 0.29) is 27.6 Å². The minimum absolute atomic E-state index is 0.0508. The number of halogens is 1. The molecule has 0 aliphatic rings. The number of amides is 1. The summed E-state index contributed by atoms with van der Waals surface area (Å²) in [6, 6.07) is 9.26. The molecule has 0 bridgehead atoms. The molecule has 0 saturated heterocycles. The Balaban J connectivity index is 1.92. The number of ether oxygens (including phenoxy) is 1. The highest BCUT2D eigenvalue weighted by atomic mass is 35.5. The number of nitrogens with one attached hydrogen (secondary N) is 1. The van der Waals surface area contributed by atoms with Crippen LogP contribution in [0.5, 0.6) is 0 Å². The molecule has 0 spiro atoms. The molecule has 0 unspecified atom stereocenters. The molecule has 0 heterocycles. The van der Waals surface area contributed by atoms with Crippen molar-refractivity contribution in [2.24, 2.45) is 0 Å². The first kappa shape index (κ1) is 20.5. The summed E-state index contributed by atoms with van der Waals surface area (Å²) in [5.41, 5.74) is -0.109. The Labute approximate surface area is 162 Å². The number of carbonyl (C=O) groups excluding carboxylic acids is 2. The Bertz CT molecular complexity index is 975. The van der Waals surface area contributed by atoms with Gasteiger partial charge in [0.2, 0.25) is 0 Å². The van der Waals surface area contributed by atoms with Gasteiger partial charge in [-0.3, -0.25) is 25.0 Å². The molecule has 0 fully saturated rings. The minimum Gasteiger partial charge on any atom is -0.452 e. The zero-order valence-electron chi connectivity index (χ0n) is 14.0. The third-order valence-corrected chi connectivity index (χ3v) is 3.63.